The van der Waals surface area contributed by atoms with E-state index in [1.165, 1.54) is 58.9 Å². The van der Waals surface area contributed by atoms with Crippen molar-refractivity contribution < 1.29 is 17.1 Å². The predicted octanol–water partition coefficient (Wildman–Crippen LogP) is 8.99. The summed E-state index contributed by atoms with van der Waals surface area (Å²) in [6.45, 7) is 17.4. The Kier molecular flexibility index (Phi) is 18.4. The number of pyridine rings is 1. The molecule has 0 amide bonds. The molecular formula is C51H58BFeN5O+. The Morgan fingerprint density at radius 3 is 1.34 bits per heavy atom. The summed E-state index contributed by atoms with van der Waals surface area (Å²) < 4.78 is 0. The van der Waals surface area contributed by atoms with Gasteiger partial charge < -0.3 is 4.90 Å². The van der Waals surface area contributed by atoms with Crippen LogP contribution in [-0.4, -0.2) is 53.6 Å². The Labute approximate surface area is 363 Å². The van der Waals surface area contributed by atoms with E-state index in [4.69, 9.17) is 25.5 Å². The number of nitroso groups, excluding NO2 is 1. The van der Waals surface area contributed by atoms with Gasteiger partial charge in [0.15, 0.2) is 0 Å². The van der Waals surface area contributed by atoms with Crippen molar-refractivity contribution in [1.29, 1.82) is 0 Å². The van der Waals surface area contributed by atoms with Crippen LogP contribution in [0.4, 0.5) is 5.69 Å². The second-order valence-corrected chi connectivity index (χ2v) is 15.7. The molecule has 1 saturated heterocycles. The van der Waals surface area contributed by atoms with E-state index in [1.807, 2.05) is 12.1 Å². The number of aliphatic imine (C=N–C) groups is 2. The Balaban J connectivity index is 0.000000250. The summed E-state index contributed by atoms with van der Waals surface area (Å²) in [4.78, 5) is 24.5. The van der Waals surface area contributed by atoms with Crippen molar-refractivity contribution >= 4 is 45.1 Å². The van der Waals surface area contributed by atoms with Crippen LogP contribution in [0.2, 0.25) is 0 Å². The first-order valence-electron chi connectivity index (χ1n) is 20.7. The molecule has 303 valence electrons. The molecule has 1 aromatic heterocycles. The van der Waals surface area contributed by atoms with Crippen molar-refractivity contribution in [3.8, 4) is 0 Å². The number of hydrogen-bond donors (Lipinski definition) is 0. The number of hydrogen-bond acceptors (Lipinski definition) is 5. The maximum absolute atomic E-state index is 7.25. The number of likely N-dealkylation sites (tertiary alicyclic amines) is 1. The number of para-hydroxylation sites is 1. The average molecular weight is 824 g/mol. The Morgan fingerprint density at radius 2 is 0.949 bits per heavy atom. The van der Waals surface area contributed by atoms with Crippen LogP contribution < -0.4 is 27.4 Å². The van der Waals surface area contributed by atoms with Gasteiger partial charge in [0.1, 0.15) is 11.7 Å². The van der Waals surface area contributed by atoms with Gasteiger partial charge in [-0.05, 0) is 74.9 Å². The van der Waals surface area contributed by atoms with E-state index in [-0.39, 0.29) is 17.1 Å². The van der Waals surface area contributed by atoms with E-state index in [1.54, 1.807) is 0 Å². The third-order valence-corrected chi connectivity index (χ3v) is 11.3. The fourth-order valence-corrected chi connectivity index (χ4v) is 8.27. The average Bonchev–Trinajstić information content (AvgIpc) is 3.80. The van der Waals surface area contributed by atoms with E-state index >= 15 is 0 Å². The molecule has 0 saturated carbocycles. The van der Waals surface area contributed by atoms with Crippen LogP contribution in [0.25, 0.3) is 0 Å². The quantitative estimate of drug-likeness (QED) is 0.0914. The minimum atomic E-state index is -1.22. The Hall–Kier alpha value is -5.27. The van der Waals surface area contributed by atoms with Crippen molar-refractivity contribution in [2.75, 3.05) is 26.2 Å². The molecule has 0 atom stereocenters. The van der Waals surface area contributed by atoms with Gasteiger partial charge in [-0.15, -0.1) is 4.91 Å². The van der Waals surface area contributed by atoms with Gasteiger partial charge in [0, 0.05) is 6.54 Å². The predicted molar refractivity (Wildman–Crippen MR) is 249 cm³/mol. The number of nitrogens with zero attached hydrogens (tertiary/aromatic N) is 5. The summed E-state index contributed by atoms with van der Waals surface area (Å²) in [6, 6.07) is 56.2. The molecular weight excluding hydrogens is 765 g/mol. The Morgan fingerprint density at radius 1 is 0.576 bits per heavy atom. The zero-order valence-corrected chi connectivity index (χ0v) is 36.6. The van der Waals surface area contributed by atoms with Crippen LogP contribution >= 0.6 is 0 Å². The summed E-state index contributed by atoms with van der Waals surface area (Å²) in [5.41, 5.74) is 18.6. The van der Waals surface area contributed by atoms with E-state index in [0.717, 1.165) is 41.6 Å². The largest absolute Gasteiger partial charge is 2.00 e. The van der Waals surface area contributed by atoms with Gasteiger partial charge in [-0.25, -0.2) is 4.98 Å². The zero-order valence-electron chi connectivity index (χ0n) is 35.5. The fraction of sp³-hybridized carbons (Fsp3) is 0.275. The molecule has 1 aliphatic rings. The molecule has 0 aliphatic carbocycles. The third-order valence-electron chi connectivity index (χ3n) is 11.3. The molecule has 8 heteroatoms. The van der Waals surface area contributed by atoms with Gasteiger partial charge in [-0.3, -0.25) is 9.98 Å². The van der Waals surface area contributed by atoms with Crippen LogP contribution in [0.1, 0.15) is 88.7 Å². The van der Waals surface area contributed by atoms with Crippen molar-refractivity contribution in [2.45, 2.75) is 66.2 Å². The van der Waals surface area contributed by atoms with Crippen molar-refractivity contribution in [3.05, 3.63) is 185 Å². The van der Waals surface area contributed by atoms with Gasteiger partial charge in [-0.2, -0.15) is 21.9 Å². The van der Waals surface area contributed by atoms with E-state index < -0.39 is 6.15 Å². The van der Waals surface area contributed by atoms with Crippen molar-refractivity contribution in [2.24, 2.45) is 9.98 Å². The van der Waals surface area contributed by atoms with Gasteiger partial charge in [-0.1, -0.05) is 173 Å². The van der Waals surface area contributed by atoms with Crippen LogP contribution in [0.3, 0.4) is 0 Å². The minimum Gasteiger partial charge on any atom is -0.301 e. The van der Waals surface area contributed by atoms with Crippen LogP contribution in [0, 0.1) is 4.91 Å². The third kappa shape index (κ3) is 11.7. The molecule has 0 spiro atoms. The summed E-state index contributed by atoms with van der Waals surface area (Å²) in [6.07, 6.45) is 1.43. The SMILES string of the molecule is CC(=NCCN1CCCC1)c1cccc(C(C)=Nc2c(C(C)C)cccc2C(C)C)n1.[Fe+2].[N]=O.c1ccc([B-](c2ccccc2)(c2ccccc2)c2ccccc2)cc1. The molecule has 6 nitrogen and oxygen atoms in total. The van der Waals surface area contributed by atoms with Crippen molar-refractivity contribution in [3.63, 3.8) is 0 Å². The van der Waals surface area contributed by atoms with Gasteiger partial charge in [0.25, 0.3) is 0 Å². The summed E-state index contributed by atoms with van der Waals surface area (Å²) >= 11 is 0. The first kappa shape index (κ1) is 46.4. The first-order valence-corrected chi connectivity index (χ1v) is 20.7. The normalized spacial score (nSPS) is 13.2. The Bertz CT molecular complexity index is 2020. The van der Waals surface area contributed by atoms with Crippen molar-refractivity contribution in [1.82, 2.24) is 15.5 Å². The monoisotopic (exact) mass is 823 g/mol. The number of rotatable bonds is 12. The molecule has 1 aliphatic heterocycles. The fourth-order valence-electron chi connectivity index (χ4n) is 8.27. The summed E-state index contributed by atoms with van der Waals surface area (Å²) in [5.74, 6) is 0.851. The molecule has 59 heavy (non-hydrogen) atoms. The van der Waals surface area contributed by atoms with E-state index in [2.05, 4.69) is 192 Å². The molecule has 0 N–H and O–H groups in total. The number of benzene rings is 5. The van der Waals surface area contributed by atoms with Crippen LogP contribution in [0.15, 0.2) is 168 Å². The topological polar surface area (TPSA) is 80.2 Å². The number of aromatic nitrogens is 1. The first-order chi connectivity index (χ1) is 28.3. The standard InChI is InChI=1S/C27H38N4.C24H20B.Fe.NO/c1-19(2)23-11-9-12-24(20(3)4)27(23)29-22(6)26-14-10-13-25(30-26)21(5)28-15-18-31-16-7-8-17-31;1-5-13-21(14-6-1)25(22-15-7-2-8-16-22,23-17-9-3-10-18-23)24-19-11-4-12-20-24;;1-2/h9-14,19-20H,7-8,15-18H2,1-6H3;1-20H;;/q;-1;+2;. The maximum Gasteiger partial charge on any atom is 2.00 e. The maximum atomic E-state index is 7.25. The molecule has 5 aromatic carbocycles. The molecule has 0 bridgehead atoms. The van der Waals surface area contributed by atoms with Gasteiger partial charge >= 0.3 is 17.1 Å². The van der Waals surface area contributed by atoms with Crippen LogP contribution in [0.5, 0.6) is 0 Å². The molecule has 1 radical (unpaired) electrons. The summed E-state index contributed by atoms with van der Waals surface area (Å²) in [7, 11) is 0. The van der Waals surface area contributed by atoms with E-state index in [0.29, 0.717) is 11.8 Å². The van der Waals surface area contributed by atoms with Gasteiger partial charge in [0.2, 0.25) is 0 Å². The molecule has 6 aromatic rings. The zero-order chi connectivity index (χ0) is 41.3. The molecule has 1 fully saturated rings. The second-order valence-electron chi connectivity index (χ2n) is 15.7. The van der Waals surface area contributed by atoms with E-state index in [9.17, 15) is 0 Å². The molecule has 2 heterocycles. The smallest absolute Gasteiger partial charge is 0.301 e. The second kappa shape index (κ2) is 23.4. The minimum absolute atomic E-state index is 0. The van der Waals surface area contributed by atoms with Crippen LogP contribution in [-0.2, 0) is 17.1 Å². The molecule has 7 rings (SSSR count). The summed E-state index contributed by atoms with van der Waals surface area (Å²) in [5, 5.41) is 0. The van der Waals surface area contributed by atoms with Gasteiger partial charge in [0.05, 0.1) is 35.0 Å². The molecule has 0 unspecified atom stereocenters.